The average molecular weight is 264 g/mol. The summed E-state index contributed by atoms with van der Waals surface area (Å²) in [4.78, 5) is 2.49. The van der Waals surface area contributed by atoms with E-state index in [2.05, 4.69) is 31.0 Å². The van der Waals surface area contributed by atoms with Gasteiger partial charge in [0.15, 0.2) is 0 Å². The largest absolute Gasteiger partial charge is 0.316 e. The Hall–Kier alpha value is -0.930. The molecule has 1 heterocycles. The van der Waals surface area contributed by atoms with E-state index >= 15 is 0 Å². The van der Waals surface area contributed by atoms with Crippen LogP contribution in [0.3, 0.4) is 0 Å². The highest BCUT2D eigenvalue weighted by atomic mass is 19.1. The van der Waals surface area contributed by atoms with Gasteiger partial charge in [-0.1, -0.05) is 19.1 Å². The molecule has 2 rings (SSSR count). The lowest BCUT2D eigenvalue weighted by molar-refractivity contribution is 0.137. The second-order valence-electron chi connectivity index (χ2n) is 6.36. The predicted molar refractivity (Wildman–Crippen MR) is 77.5 cm³/mol. The second-order valence-corrected chi connectivity index (χ2v) is 6.36. The summed E-state index contributed by atoms with van der Waals surface area (Å²) in [6, 6.07) is 7.38. The molecular formula is C16H25FN2. The minimum Gasteiger partial charge on any atom is -0.316 e. The molecular weight excluding hydrogens is 239 g/mol. The number of nitrogens with one attached hydrogen (secondary N) is 1. The standard InChI is InChI=1S/C16H25FN2/c1-13(2)19(12-16(3)8-9-18-11-16)10-14-4-6-15(17)7-5-14/h4-7,13,18H,8-12H2,1-3H3. The number of hydrogen-bond donors (Lipinski definition) is 1. The smallest absolute Gasteiger partial charge is 0.123 e. The van der Waals surface area contributed by atoms with Gasteiger partial charge < -0.3 is 5.32 Å². The van der Waals surface area contributed by atoms with Crippen LogP contribution in [0.4, 0.5) is 4.39 Å². The van der Waals surface area contributed by atoms with E-state index in [4.69, 9.17) is 0 Å². The van der Waals surface area contributed by atoms with E-state index in [0.29, 0.717) is 11.5 Å². The quantitative estimate of drug-likeness (QED) is 0.879. The molecule has 19 heavy (non-hydrogen) atoms. The van der Waals surface area contributed by atoms with Crippen molar-refractivity contribution in [1.82, 2.24) is 10.2 Å². The van der Waals surface area contributed by atoms with E-state index < -0.39 is 0 Å². The molecule has 0 bridgehead atoms. The summed E-state index contributed by atoms with van der Waals surface area (Å²) in [5.41, 5.74) is 1.55. The number of hydrogen-bond acceptors (Lipinski definition) is 2. The van der Waals surface area contributed by atoms with Crippen LogP contribution in [-0.2, 0) is 6.54 Å². The molecule has 2 nitrogen and oxygen atoms in total. The van der Waals surface area contributed by atoms with Crippen LogP contribution in [0, 0.1) is 11.2 Å². The fraction of sp³-hybridized carbons (Fsp3) is 0.625. The van der Waals surface area contributed by atoms with Gasteiger partial charge in [-0.2, -0.15) is 0 Å². The van der Waals surface area contributed by atoms with Crippen LogP contribution in [0.25, 0.3) is 0 Å². The first kappa shape index (κ1) is 14.5. The number of rotatable bonds is 5. The van der Waals surface area contributed by atoms with Gasteiger partial charge in [0.2, 0.25) is 0 Å². The average Bonchev–Trinajstić information content (AvgIpc) is 2.78. The lowest BCUT2D eigenvalue weighted by Gasteiger charge is -2.34. The van der Waals surface area contributed by atoms with E-state index in [9.17, 15) is 4.39 Å². The summed E-state index contributed by atoms with van der Waals surface area (Å²) in [6.45, 7) is 11.0. The molecule has 0 saturated carbocycles. The lowest BCUT2D eigenvalue weighted by atomic mass is 9.88. The molecule has 1 unspecified atom stereocenters. The molecule has 1 aliphatic heterocycles. The molecule has 1 aliphatic rings. The van der Waals surface area contributed by atoms with E-state index in [1.165, 1.54) is 12.0 Å². The van der Waals surface area contributed by atoms with Crippen molar-refractivity contribution >= 4 is 0 Å². The van der Waals surface area contributed by atoms with Crippen molar-refractivity contribution in [3.05, 3.63) is 35.6 Å². The van der Waals surface area contributed by atoms with Crippen molar-refractivity contribution in [3.8, 4) is 0 Å². The van der Waals surface area contributed by atoms with Crippen LogP contribution in [-0.4, -0.2) is 30.6 Å². The van der Waals surface area contributed by atoms with Crippen LogP contribution in [0.5, 0.6) is 0 Å². The Kier molecular flexibility index (Phi) is 4.58. The van der Waals surface area contributed by atoms with Crippen molar-refractivity contribution in [2.24, 2.45) is 5.41 Å². The predicted octanol–water partition coefficient (Wildman–Crippen LogP) is 3.04. The van der Waals surface area contributed by atoms with Crippen molar-refractivity contribution in [1.29, 1.82) is 0 Å². The van der Waals surface area contributed by atoms with Gasteiger partial charge in [0.05, 0.1) is 0 Å². The first-order valence-corrected chi connectivity index (χ1v) is 7.18. The van der Waals surface area contributed by atoms with E-state index in [0.717, 1.165) is 26.2 Å². The van der Waals surface area contributed by atoms with Crippen molar-refractivity contribution < 1.29 is 4.39 Å². The molecule has 106 valence electrons. The summed E-state index contributed by atoms with van der Waals surface area (Å²) >= 11 is 0. The Morgan fingerprint density at radius 1 is 1.32 bits per heavy atom. The third-order valence-electron chi connectivity index (χ3n) is 4.07. The molecule has 1 fully saturated rings. The molecule has 1 saturated heterocycles. The van der Waals surface area contributed by atoms with Crippen molar-refractivity contribution in [2.75, 3.05) is 19.6 Å². The highest BCUT2D eigenvalue weighted by Gasteiger charge is 2.31. The third-order valence-corrected chi connectivity index (χ3v) is 4.07. The van der Waals surface area contributed by atoms with Crippen molar-refractivity contribution in [2.45, 2.75) is 39.8 Å². The van der Waals surface area contributed by atoms with Crippen LogP contribution in [0.1, 0.15) is 32.8 Å². The Morgan fingerprint density at radius 2 is 2.00 bits per heavy atom. The maximum Gasteiger partial charge on any atom is 0.123 e. The summed E-state index contributed by atoms with van der Waals surface area (Å²) in [7, 11) is 0. The molecule has 0 spiro atoms. The zero-order valence-corrected chi connectivity index (χ0v) is 12.2. The zero-order valence-electron chi connectivity index (χ0n) is 12.2. The molecule has 3 heteroatoms. The number of nitrogens with zero attached hydrogens (tertiary/aromatic N) is 1. The molecule has 1 atom stereocenters. The van der Waals surface area contributed by atoms with Gasteiger partial charge in [-0.15, -0.1) is 0 Å². The molecule has 1 aromatic rings. The summed E-state index contributed by atoms with van der Waals surface area (Å²) in [6.07, 6.45) is 1.24. The monoisotopic (exact) mass is 264 g/mol. The Labute approximate surface area is 116 Å². The van der Waals surface area contributed by atoms with Gasteiger partial charge in [0, 0.05) is 25.7 Å². The molecule has 1 aromatic carbocycles. The summed E-state index contributed by atoms with van der Waals surface area (Å²) in [5.74, 6) is -0.160. The van der Waals surface area contributed by atoms with Crippen LogP contribution in [0.15, 0.2) is 24.3 Å². The Morgan fingerprint density at radius 3 is 2.53 bits per heavy atom. The molecule has 0 aliphatic carbocycles. The molecule has 0 amide bonds. The highest BCUT2D eigenvalue weighted by Crippen LogP contribution is 2.27. The van der Waals surface area contributed by atoms with Gasteiger partial charge in [0.1, 0.15) is 5.82 Å². The molecule has 0 radical (unpaired) electrons. The Balaban J connectivity index is 2.01. The topological polar surface area (TPSA) is 15.3 Å². The van der Waals surface area contributed by atoms with E-state index in [-0.39, 0.29) is 5.82 Å². The fourth-order valence-electron chi connectivity index (χ4n) is 2.74. The van der Waals surface area contributed by atoms with Gasteiger partial charge in [0.25, 0.3) is 0 Å². The zero-order chi connectivity index (χ0) is 13.9. The van der Waals surface area contributed by atoms with E-state index in [1.54, 1.807) is 12.1 Å². The van der Waals surface area contributed by atoms with Crippen LogP contribution < -0.4 is 5.32 Å². The van der Waals surface area contributed by atoms with Gasteiger partial charge >= 0.3 is 0 Å². The highest BCUT2D eigenvalue weighted by molar-refractivity contribution is 5.16. The minimum absolute atomic E-state index is 0.160. The second kappa shape index (κ2) is 6.02. The number of benzene rings is 1. The maximum absolute atomic E-state index is 12.9. The maximum atomic E-state index is 12.9. The number of halogens is 1. The first-order chi connectivity index (χ1) is 8.98. The van der Waals surface area contributed by atoms with Gasteiger partial charge in [-0.05, 0) is 49.9 Å². The fourth-order valence-corrected chi connectivity index (χ4v) is 2.74. The normalized spacial score (nSPS) is 23.5. The van der Waals surface area contributed by atoms with Crippen LogP contribution >= 0.6 is 0 Å². The minimum atomic E-state index is -0.160. The summed E-state index contributed by atoms with van der Waals surface area (Å²) in [5, 5.41) is 3.45. The van der Waals surface area contributed by atoms with E-state index in [1.807, 2.05) is 12.1 Å². The molecule has 0 aromatic heterocycles. The molecule has 1 N–H and O–H groups in total. The lowest BCUT2D eigenvalue weighted by Crippen LogP contribution is -2.40. The van der Waals surface area contributed by atoms with Gasteiger partial charge in [-0.3, -0.25) is 4.90 Å². The SMILES string of the molecule is CC(C)N(Cc1ccc(F)cc1)CC1(C)CCNC1. The van der Waals surface area contributed by atoms with Gasteiger partial charge in [-0.25, -0.2) is 4.39 Å². The third kappa shape index (κ3) is 4.02. The Bertz CT molecular complexity index is 394. The van der Waals surface area contributed by atoms with Crippen LogP contribution in [0.2, 0.25) is 0 Å². The first-order valence-electron chi connectivity index (χ1n) is 7.18. The summed E-state index contributed by atoms with van der Waals surface area (Å²) < 4.78 is 12.9. The van der Waals surface area contributed by atoms with Crippen molar-refractivity contribution in [3.63, 3.8) is 0 Å².